The van der Waals surface area contributed by atoms with Crippen LogP contribution in [0.4, 0.5) is 8.78 Å². The van der Waals surface area contributed by atoms with Crippen molar-refractivity contribution in [1.29, 1.82) is 0 Å². The number of rotatable bonds is 6. The first-order chi connectivity index (χ1) is 13.0. The molecule has 0 radical (unpaired) electrons. The Morgan fingerprint density at radius 1 is 1.26 bits per heavy atom. The third kappa shape index (κ3) is 4.71. The molecule has 27 heavy (non-hydrogen) atoms. The van der Waals surface area contributed by atoms with Crippen LogP contribution in [0.25, 0.3) is 0 Å². The molecule has 2 heterocycles. The highest BCUT2D eigenvalue weighted by Gasteiger charge is 2.28. The number of piperidine rings is 1. The predicted octanol–water partition coefficient (Wildman–Crippen LogP) is 3.13. The van der Waals surface area contributed by atoms with Crippen molar-refractivity contribution in [2.75, 3.05) is 33.7 Å². The van der Waals surface area contributed by atoms with Crippen molar-refractivity contribution in [3.63, 3.8) is 0 Å². The van der Waals surface area contributed by atoms with E-state index in [-0.39, 0.29) is 11.5 Å². The van der Waals surface area contributed by atoms with Crippen LogP contribution in [0.1, 0.15) is 41.4 Å². The Morgan fingerprint density at radius 3 is 2.67 bits per heavy atom. The highest BCUT2D eigenvalue weighted by molar-refractivity contribution is 5.94. The van der Waals surface area contributed by atoms with Crippen molar-refractivity contribution < 1.29 is 13.6 Å². The molecule has 5 nitrogen and oxygen atoms in total. The van der Waals surface area contributed by atoms with Crippen LogP contribution < -0.4 is 0 Å². The van der Waals surface area contributed by atoms with Crippen molar-refractivity contribution in [2.24, 2.45) is 0 Å². The van der Waals surface area contributed by atoms with E-state index in [1.165, 1.54) is 6.07 Å². The average Bonchev–Trinajstić information content (AvgIpc) is 3.09. The molecule has 0 atom stereocenters. The second-order valence-corrected chi connectivity index (χ2v) is 7.33. The fourth-order valence-electron chi connectivity index (χ4n) is 3.60. The maximum Gasteiger partial charge on any atom is 0.256 e. The number of aromatic nitrogens is 2. The summed E-state index contributed by atoms with van der Waals surface area (Å²) in [5.74, 6) is -0.502. The van der Waals surface area contributed by atoms with E-state index in [0.717, 1.165) is 50.3 Å². The molecular weight excluding hydrogens is 350 g/mol. The van der Waals surface area contributed by atoms with Crippen LogP contribution in [0.15, 0.2) is 30.6 Å². The Labute approximate surface area is 158 Å². The van der Waals surface area contributed by atoms with Gasteiger partial charge in [-0.1, -0.05) is 0 Å². The summed E-state index contributed by atoms with van der Waals surface area (Å²) in [6.07, 6.45) is 6.48. The third-order valence-corrected chi connectivity index (χ3v) is 5.06. The summed E-state index contributed by atoms with van der Waals surface area (Å²) < 4.78 is 29.1. The molecule has 146 valence electrons. The van der Waals surface area contributed by atoms with E-state index < -0.39 is 11.6 Å². The molecule has 1 saturated heterocycles. The molecule has 1 amide bonds. The van der Waals surface area contributed by atoms with Gasteiger partial charge in [0.15, 0.2) is 0 Å². The molecule has 3 rings (SSSR count). The summed E-state index contributed by atoms with van der Waals surface area (Å²) in [7, 11) is 4.12. The van der Waals surface area contributed by atoms with Crippen LogP contribution in [0.3, 0.4) is 0 Å². The second-order valence-electron chi connectivity index (χ2n) is 7.33. The Morgan fingerprint density at radius 2 is 2.00 bits per heavy atom. The van der Waals surface area contributed by atoms with E-state index in [0.29, 0.717) is 19.0 Å². The van der Waals surface area contributed by atoms with Crippen LogP contribution in [0, 0.1) is 11.6 Å². The number of amides is 1. The zero-order valence-electron chi connectivity index (χ0n) is 15.9. The Balaban J connectivity index is 1.59. The third-order valence-electron chi connectivity index (χ3n) is 5.06. The fourth-order valence-corrected chi connectivity index (χ4v) is 3.60. The van der Waals surface area contributed by atoms with Gasteiger partial charge in [-0.05, 0) is 52.0 Å². The zero-order valence-corrected chi connectivity index (χ0v) is 15.9. The number of likely N-dealkylation sites (tertiary alicyclic amines) is 1. The lowest BCUT2D eigenvalue weighted by Gasteiger charge is -2.32. The van der Waals surface area contributed by atoms with Gasteiger partial charge in [-0.2, -0.15) is 0 Å². The van der Waals surface area contributed by atoms with E-state index >= 15 is 0 Å². The van der Waals surface area contributed by atoms with Gasteiger partial charge in [0, 0.05) is 44.0 Å². The molecule has 7 heteroatoms. The van der Waals surface area contributed by atoms with Crippen molar-refractivity contribution in [2.45, 2.75) is 31.7 Å². The molecule has 0 spiro atoms. The zero-order chi connectivity index (χ0) is 19.4. The number of hydrogen-bond acceptors (Lipinski definition) is 3. The summed E-state index contributed by atoms with van der Waals surface area (Å²) in [6, 6.07) is 3.09. The molecule has 0 bridgehead atoms. The van der Waals surface area contributed by atoms with Crippen molar-refractivity contribution >= 4 is 5.91 Å². The summed E-state index contributed by atoms with van der Waals surface area (Å²) in [4.78, 5) is 20.9. The van der Waals surface area contributed by atoms with Crippen LogP contribution in [0.2, 0.25) is 0 Å². The van der Waals surface area contributed by atoms with Gasteiger partial charge in [-0.3, -0.25) is 4.79 Å². The van der Waals surface area contributed by atoms with E-state index in [9.17, 15) is 13.6 Å². The molecule has 2 aromatic rings. The standard InChI is InChI=1S/C20H26F2N4O/c1-24(2)9-3-10-25-13-8-23-19(25)15-6-11-26(12-7-15)20(27)17-5-4-16(21)14-18(17)22/h4-5,8,13-15H,3,6-7,9-12H2,1-2H3. The molecule has 1 aromatic heterocycles. The number of carbonyl (C=O) groups excluding carboxylic acids is 1. The lowest BCUT2D eigenvalue weighted by molar-refractivity contribution is 0.0705. The molecule has 1 aromatic carbocycles. The first kappa shape index (κ1) is 19.5. The number of nitrogens with zero attached hydrogens (tertiary/aromatic N) is 4. The summed E-state index contributed by atoms with van der Waals surface area (Å²) in [5, 5.41) is 0. The minimum atomic E-state index is -0.807. The summed E-state index contributed by atoms with van der Waals surface area (Å²) >= 11 is 0. The topological polar surface area (TPSA) is 41.4 Å². The van der Waals surface area contributed by atoms with Crippen LogP contribution in [-0.4, -0.2) is 59.0 Å². The van der Waals surface area contributed by atoms with Crippen molar-refractivity contribution in [1.82, 2.24) is 19.4 Å². The Hall–Kier alpha value is -2.28. The highest BCUT2D eigenvalue weighted by atomic mass is 19.1. The Kier molecular flexibility index (Phi) is 6.21. The smallest absolute Gasteiger partial charge is 0.256 e. The number of hydrogen-bond donors (Lipinski definition) is 0. The van der Waals surface area contributed by atoms with Gasteiger partial charge in [0.1, 0.15) is 17.5 Å². The molecular formula is C20H26F2N4O. The number of halogens is 2. The van der Waals surface area contributed by atoms with E-state index in [2.05, 4.69) is 28.5 Å². The SMILES string of the molecule is CN(C)CCCn1ccnc1C1CCN(C(=O)c2ccc(F)cc2F)CC1. The van der Waals surface area contributed by atoms with Crippen LogP contribution in [-0.2, 0) is 6.54 Å². The number of aryl methyl sites for hydroxylation is 1. The molecule has 1 aliphatic heterocycles. The average molecular weight is 376 g/mol. The molecule has 1 fully saturated rings. The first-order valence-corrected chi connectivity index (χ1v) is 9.36. The van der Waals surface area contributed by atoms with Gasteiger partial charge < -0.3 is 14.4 Å². The highest BCUT2D eigenvalue weighted by Crippen LogP contribution is 2.28. The molecule has 0 aliphatic carbocycles. The van der Waals surface area contributed by atoms with Gasteiger partial charge in [0.05, 0.1) is 5.56 Å². The molecule has 1 aliphatic rings. The first-order valence-electron chi connectivity index (χ1n) is 9.36. The van der Waals surface area contributed by atoms with E-state index in [4.69, 9.17) is 0 Å². The minimum Gasteiger partial charge on any atom is -0.339 e. The van der Waals surface area contributed by atoms with E-state index in [1.807, 2.05) is 12.4 Å². The van der Waals surface area contributed by atoms with Gasteiger partial charge in [-0.15, -0.1) is 0 Å². The number of imidazole rings is 1. The largest absolute Gasteiger partial charge is 0.339 e. The van der Waals surface area contributed by atoms with Gasteiger partial charge in [0.2, 0.25) is 0 Å². The van der Waals surface area contributed by atoms with Crippen molar-refractivity contribution in [3.05, 3.63) is 53.6 Å². The lowest BCUT2D eigenvalue weighted by Crippen LogP contribution is -2.38. The van der Waals surface area contributed by atoms with Gasteiger partial charge >= 0.3 is 0 Å². The number of benzene rings is 1. The summed E-state index contributed by atoms with van der Waals surface area (Å²) in [6.45, 7) is 3.04. The molecule has 0 saturated carbocycles. The fraction of sp³-hybridized carbons (Fsp3) is 0.500. The number of carbonyl (C=O) groups is 1. The second kappa shape index (κ2) is 8.61. The lowest BCUT2D eigenvalue weighted by atomic mass is 9.95. The van der Waals surface area contributed by atoms with Gasteiger partial charge in [0.25, 0.3) is 5.91 Å². The minimum absolute atomic E-state index is 0.0694. The van der Waals surface area contributed by atoms with Crippen molar-refractivity contribution in [3.8, 4) is 0 Å². The van der Waals surface area contributed by atoms with Crippen LogP contribution >= 0.6 is 0 Å². The maximum atomic E-state index is 13.9. The monoisotopic (exact) mass is 376 g/mol. The maximum absolute atomic E-state index is 13.9. The molecule has 0 N–H and O–H groups in total. The normalized spacial score (nSPS) is 15.5. The quantitative estimate of drug-likeness (QED) is 0.778. The summed E-state index contributed by atoms with van der Waals surface area (Å²) in [5.41, 5.74) is -0.0694. The van der Waals surface area contributed by atoms with Gasteiger partial charge in [-0.25, -0.2) is 13.8 Å². The molecule has 0 unspecified atom stereocenters. The van der Waals surface area contributed by atoms with E-state index in [1.54, 1.807) is 4.90 Å². The predicted molar refractivity (Wildman–Crippen MR) is 99.6 cm³/mol. The Bertz CT molecular complexity index is 782. The van der Waals surface area contributed by atoms with Crippen LogP contribution in [0.5, 0.6) is 0 Å².